The molecule has 0 bridgehead atoms. The first kappa shape index (κ1) is 19.6. The van der Waals surface area contributed by atoms with E-state index >= 15 is 0 Å². The second-order valence-corrected chi connectivity index (χ2v) is 9.39. The molecule has 0 saturated carbocycles. The van der Waals surface area contributed by atoms with Crippen molar-refractivity contribution in [3.05, 3.63) is 70.4 Å². The highest BCUT2D eigenvalue weighted by Crippen LogP contribution is 2.37. The van der Waals surface area contributed by atoms with Crippen molar-refractivity contribution in [2.45, 2.75) is 23.8 Å². The molecule has 7 nitrogen and oxygen atoms in total. The molecule has 0 aliphatic carbocycles. The van der Waals surface area contributed by atoms with E-state index < -0.39 is 27.8 Å². The Morgan fingerprint density at radius 3 is 2.55 bits per heavy atom. The maximum absolute atomic E-state index is 13.0. The predicted molar refractivity (Wildman–Crippen MR) is 107 cm³/mol. The number of nitrogens with zero attached hydrogens (tertiary/aromatic N) is 3. The summed E-state index contributed by atoms with van der Waals surface area (Å²) in [6, 6.07) is 13.2. The fourth-order valence-corrected chi connectivity index (χ4v) is 5.82. The lowest BCUT2D eigenvalue weighted by molar-refractivity contribution is 0.102. The van der Waals surface area contributed by atoms with Crippen LogP contribution in [0, 0.1) is 5.82 Å². The third kappa shape index (κ3) is 4.04. The molecule has 1 N–H and O–H groups in total. The van der Waals surface area contributed by atoms with E-state index in [1.165, 1.54) is 28.6 Å². The number of rotatable bonds is 5. The van der Waals surface area contributed by atoms with Gasteiger partial charge in [-0.1, -0.05) is 29.5 Å². The first-order valence-electron chi connectivity index (χ1n) is 8.92. The number of sulfonamides is 1. The van der Waals surface area contributed by atoms with Gasteiger partial charge in [0.05, 0.1) is 10.9 Å². The van der Waals surface area contributed by atoms with Crippen molar-refractivity contribution in [1.29, 1.82) is 0 Å². The Hall–Kier alpha value is -2.69. The van der Waals surface area contributed by atoms with Crippen LogP contribution in [0.4, 0.5) is 10.1 Å². The zero-order chi connectivity index (χ0) is 20.4. The van der Waals surface area contributed by atoms with Gasteiger partial charge in [-0.3, -0.25) is 4.79 Å². The summed E-state index contributed by atoms with van der Waals surface area (Å²) in [6.45, 7) is 0.387. The topological polar surface area (TPSA) is 92.3 Å². The van der Waals surface area contributed by atoms with Crippen LogP contribution >= 0.6 is 11.3 Å². The van der Waals surface area contributed by atoms with Crippen molar-refractivity contribution < 1.29 is 17.6 Å². The summed E-state index contributed by atoms with van der Waals surface area (Å²) in [5.41, 5.74) is 0.433. The van der Waals surface area contributed by atoms with E-state index in [9.17, 15) is 17.6 Å². The molecule has 0 unspecified atom stereocenters. The average molecular weight is 433 g/mol. The molecule has 29 heavy (non-hydrogen) atoms. The van der Waals surface area contributed by atoms with Crippen LogP contribution in [-0.4, -0.2) is 35.4 Å². The molecule has 10 heteroatoms. The van der Waals surface area contributed by atoms with Crippen LogP contribution in [0.1, 0.15) is 33.7 Å². The van der Waals surface area contributed by atoms with E-state index in [0.29, 0.717) is 30.1 Å². The zero-order valence-corrected chi connectivity index (χ0v) is 16.8. The molecular formula is C19H17FN4O3S2. The van der Waals surface area contributed by atoms with Gasteiger partial charge >= 0.3 is 0 Å². The molecule has 1 aliphatic rings. The highest BCUT2D eigenvalue weighted by molar-refractivity contribution is 7.89. The second kappa shape index (κ2) is 7.97. The molecule has 1 fully saturated rings. The standard InChI is InChI=1S/C19H17FN4O3S2/c20-13-8-10-14(11-9-13)21-17(25)19-23-22-18(28-19)16-7-4-12-24(16)29(26,27)15-5-2-1-3-6-15/h1-3,5-6,8-11,16H,4,7,12H2,(H,21,25)/t16-/m1/s1. The lowest BCUT2D eigenvalue weighted by Crippen LogP contribution is -2.30. The van der Waals surface area contributed by atoms with Crippen molar-refractivity contribution in [1.82, 2.24) is 14.5 Å². The minimum absolute atomic E-state index is 0.119. The lowest BCUT2D eigenvalue weighted by atomic mass is 10.2. The second-order valence-electron chi connectivity index (χ2n) is 6.49. The van der Waals surface area contributed by atoms with E-state index in [0.717, 1.165) is 11.3 Å². The molecular weight excluding hydrogens is 415 g/mol. The molecule has 1 atom stereocenters. The molecule has 0 radical (unpaired) electrons. The van der Waals surface area contributed by atoms with Gasteiger partial charge in [0.25, 0.3) is 5.91 Å². The Labute approximate surface area is 171 Å². The number of aromatic nitrogens is 2. The van der Waals surface area contributed by atoms with Gasteiger partial charge in [-0.25, -0.2) is 12.8 Å². The van der Waals surface area contributed by atoms with Gasteiger partial charge in [0, 0.05) is 12.2 Å². The number of amides is 1. The molecule has 4 rings (SSSR count). The quantitative estimate of drug-likeness (QED) is 0.667. The summed E-state index contributed by atoms with van der Waals surface area (Å²) >= 11 is 1.06. The molecule has 2 aromatic carbocycles. The normalized spacial score (nSPS) is 17.3. The van der Waals surface area contributed by atoms with Crippen molar-refractivity contribution in [2.75, 3.05) is 11.9 Å². The Morgan fingerprint density at radius 2 is 1.83 bits per heavy atom. The molecule has 3 aromatic rings. The van der Waals surface area contributed by atoms with E-state index in [-0.39, 0.29) is 9.90 Å². The lowest BCUT2D eigenvalue weighted by Gasteiger charge is -2.22. The number of carbonyl (C=O) groups is 1. The molecule has 1 amide bonds. The molecule has 1 aliphatic heterocycles. The molecule has 0 spiro atoms. The fourth-order valence-electron chi connectivity index (χ4n) is 3.18. The zero-order valence-electron chi connectivity index (χ0n) is 15.2. The highest BCUT2D eigenvalue weighted by Gasteiger charge is 2.38. The summed E-state index contributed by atoms with van der Waals surface area (Å²) in [5.74, 6) is -0.877. The van der Waals surface area contributed by atoms with E-state index in [4.69, 9.17) is 0 Å². The number of benzene rings is 2. The Morgan fingerprint density at radius 1 is 1.10 bits per heavy atom. The average Bonchev–Trinajstić information content (AvgIpc) is 3.40. The van der Waals surface area contributed by atoms with Crippen molar-refractivity contribution >= 4 is 33.0 Å². The van der Waals surface area contributed by atoms with Crippen LogP contribution in [0.3, 0.4) is 0 Å². The number of hydrogen-bond acceptors (Lipinski definition) is 6. The molecule has 1 saturated heterocycles. The number of carbonyl (C=O) groups excluding carboxylic acids is 1. The first-order chi connectivity index (χ1) is 13.9. The van der Waals surface area contributed by atoms with Gasteiger partial charge in [0.15, 0.2) is 0 Å². The van der Waals surface area contributed by atoms with Gasteiger partial charge in [-0.05, 0) is 49.2 Å². The molecule has 150 valence electrons. The summed E-state index contributed by atoms with van der Waals surface area (Å²) in [4.78, 5) is 12.6. The Bertz CT molecular complexity index is 1120. The SMILES string of the molecule is O=C(Nc1ccc(F)cc1)c1nnc([C@H]2CCCN2S(=O)(=O)c2ccccc2)s1. The van der Waals surface area contributed by atoms with Gasteiger partial charge in [-0.15, -0.1) is 10.2 Å². The largest absolute Gasteiger partial charge is 0.320 e. The van der Waals surface area contributed by atoms with Crippen LogP contribution in [0.2, 0.25) is 0 Å². The number of anilines is 1. The van der Waals surface area contributed by atoms with E-state index in [1.807, 2.05) is 0 Å². The summed E-state index contributed by atoms with van der Waals surface area (Å²) in [5, 5.41) is 11.2. The first-order valence-corrected chi connectivity index (χ1v) is 11.2. The summed E-state index contributed by atoms with van der Waals surface area (Å²) in [6.07, 6.45) is 1.31. The molecule has 1 aromatic heterocycles. The molecule has 2 heterocycles. The third-order valence-electron chi connectivity index (χ3n) is 4.58. The van der Waals surface area contributed by atoms with Gasteiger partial charge in [0.2, 0.25) is 15.0 Å². The maximum atomic E-state index is 13.0. The fraction of sp³-hybridized carbons (Fsp3) is 0.211. The number of nitrogens with one attached hydrogen (secondary N) is 1. The smallest absolute Gasteiger partial charge is 0.286 e. The minimum Gasteiger partial charge on any atom is -0.320 e. The van der Waals surface area contributed by atoms with Crippen molar-refractivity contribution in [3.8, 4) is 0 Å². The maximum Gasteiger partial charge on any atom is 0.286 e. The van der Waals surface area contributed by atoms with Gasteiger partial charge in [-0.2, -0.15) is 4.31 Å². The van der Waals surface area contributed by atoms with Crippen LogP contribution in [-0.2, 0) is 10.0 Å². The minimum atomic E-state index is -3.66. The van der Waals surface area contributed by atoms with Crippen LogP contribution in [0.25, 0.3) is 0 Å². The Kier molecular flexibility index (Phi) is 5.39. The Balaban J connectivity index is 1.54. The van der Waals surface area contributed by atoms with E-state index in [2.05, 4.69) is 15.5 Å². The number of hydrogen-bond donors (Lipinski definition) is 1. The number of halogens is 1. The van der Waals surface area contributed by atoms with Crippen LogP contribution in [0.15, 0.2) is 59.5 Å². The summed E-state index contributed by atoms with van der Waals surface area (Å²) < 4.78 is 40.4. The summed E-state index contributed by atoms with van der Waals surface area (Å²) in [7, 11) is -3.66. The van der Waals surface area contributed by atoms with Gasteiger partial charge in [0.1, 0.15) is 10.8 Å². The highest BCUT2D eigenvalue weighted by atomic mass is 32.2. The van der Waals surface area contributed by atoms with Crippen molar-refractivity contribution in [3.63, 3.8) is 0 Å². The van der Waals surface area contributed by atoms with Gasteiger partial charge < -0.3 is 5.32 Å². The van der Waals surface area contributed by atoms with Crippen LogP contribution in [0.5, 0.6) is 0 Å². The third-order valence-corrected chi connectivity index (χ3v) is 7.52. The predicted octanol–water partition coefficient (Wildman–Crippen LogP) is 3.46. The van der Waals surface area contributed by atoms with Crippen molar-refractivity contribution in [2.24, 2.45) is 0 Å². The monoisotopic (exact) mass is 432 g/mol. The van der Waals surface area contributed by atoms with Crippen LogP contribution < -0.4 is 5.32 Å². The van der Waals surface area contributed by atoms with E-state index in [1.54, 1.807) is 30.3 Å².